The Morgan fingerprint density at radius 1 is 1.50 bits per heavy atom. The summed E-state index contributed by atoms with van der Waals surface area (Å²) in [6, 6.07) is 0. The van der Waals surface area contributed by atoms with E-state index in [2.05, 4.69) is 13.8 Å². The lowest BCUT2D eigenvalue weighted by Gasteiger charge is -2.35. The van der Waals surface area contributed by atoms with E-state index in [1.165, 1.54) is 0 Å². The standard InChI is InChI=1S/C9H21NO2/c1-8(2)9(6-10,4-5-11)7-12-3/h8,11H,4-7,10H2,1-3H3. The minimum atomic E-state index is -0.0521. The molecule has 1 atom stereocenters. The summed E-state index contributed by atoms with van der Waals surface area (Å²) >= 11 is 0. The van der Waals surface area contributed by atoms with Crippen molar-refractivity contribution >= 4 is 0 Å². The van der Waals surface area contributed by atoms with Crippen LogP contribution < -0.4 is 5.73 Å². The van der Waals surface area contributed by atoms with Gasteiger partial charge in [0, 0.05) is 25.7 Å². The molecule has 0 aliphatic heterocycles. The maximum Gasteiger partial charge on any atom is 0.0534 e. The maximum absolute atomic E-state index is 8.90. The molecule has 3 nitrogen and oxygen atoms in total. The molecule has 3 N–H and O–H groups in total. The fourth-order valence-corrected chi connectivity index (χ4v) is 1.43. The van der Waals surface area contributed by atoms with Crippen LogP contribution in [0.3, 0.4) is 0 Å². The third-order valence-corrected chi connectivity index (χ3v) is 2.67. The molecule has 12 heavy (non-hydrogen) atoms. The molecule has 0 aromatic rings. The largest absolute Gasteiger partial charge is 0.396 e. The van der Waals surface area contributed by atoms with Gasteiger partial charge in [-0.05, 0) is 12.3 Å². The van der Waals surface area contributed by atoms with E-state index in [9.17, 15) is 0 Å². The van der Waals surface area contributed by atoms with E-state index in [1.54, 1.807) is 7.11 Å². The van der Waals surface area contributed by atoms with Gasteiger partial charge < -0.3 is 15.6 Å². The van der Waals surface area contributed by atoms with Crippen LogP contribution in [0, 0.1) is 11.3 Å². The van der Waals surface area contributed by atoms with Gasteiger partial charge in [-0.25, -0.2) is 0 Å². The summed E-state index contributed by atoms with van der Waals surface area (Å²) < 4.78 is 5.12. The highest BCUT2D eigenvalue weighted by Gasteiger charge is 2.31. The SMILES string of the molecule is COCC(CN)(CCO)C(C)C. The summed E-state index contributed by atoms with van der Waals surface area (Å²) in [5.41, 5.74) is 5.64. The molecule has 0 aliphatic carbocycles. The topological polar surface area (TPSA) is 55.5 Å². The summed E-state index contributed by atoms with van der Waals surface area (Å²) in [4.78, 5) is 0. The molecule has 0 heterocycles. The summed E-state index contributed by atoms with van der Waals surface area (Å²) in [7, 11) is 1.67. The molecule has 3 heteroatoms. The zero-order valence-corrected chi connectivity index (χ0v) is 8.34. The van der Waals surface area contributed by atoms with E-state index >= 15 is 0 Å². The van der Waals surface area contributed by atoms with Crippen LogP contribution in [0.5, 0.6) is 0 Å². The number of aliphatic hydroxyl groups excluding tert-OH is 1. The first-order chi connectivity index (χ1) is 5.63. The van der Waals surface area contributed by atoms with Gasteiger partial charge in [0.2, 0.25) is 0 Å². The van der Waals surface area contributed by atoms with Gasteiger partial charge in [0.25, 0.3) is 0 Å². The molecular weight excluding hydrogens is 154 g/mol. The molecule has 0 fully saturated rings. The average molecular weight is 175 g/mol. The number of rotatable bonds is 6. The Bertz CT molecular complexity index is 109. The van der Waals surface area contributed by atoms with E-state index in [0.29, 0.717) is 19.1 Å². The molecule has 0 radical (unpaired) electrons. The van der Waals surface area contributed by atoms with Gasteiger partial charge in [-0.2, -0.15) is 0 Å². The fraction of sp³-hybridized carbons (Fsp3) is 1.00. The van der Waals surface area contributed by atoms with Crippen LogP contribution in [-0.4, -0.2) is 32.0 Å². The van der Waals surface area contributed by atoms with E-state index in [-0.39, 0.29) is 12.0 Å². The summed E-state index contributed by atoms with van der Waals surface area (Å²) in [5, 5.41) is 8.90. The minimum Gasteiger partial charge on any atom is -0.396 e. The van der Waals surface area contributed by atoms with E-state index in [4.69, 9.17) is 15.6 Å². The van der Waals surface area contributed by atoms with Crippen molar-refractivity contribution in [3.05, 3.63) is 0 Å². The Labute approximate surface area is 74.9 Å². The molecule has 0 amide bonds. The van der Waals surface area contributed by atoms with Crippen LogP contribution in [0.4, 0.5) is 0 Å². The van der Waals surface area contributed by atoms with Crippen LogP contribution in [-0.2, 0) is 4.74 Å². The van der Waals surface area contributed by atoms with Crippen molar-refractivity contribution in [3.63, 3.8) is 0 Å². The predicted octanol–water partition coefficient (Wildman–Crippen LogP) is 0.616. The van der Waals surface area contributed by atoms with Crippen LogP contribution in [0.2, 0.25) is 0 Å². The molecule has 0 saturated heterocycles. The highest BCUT2D eigenvalue weighted by atomic mass is 16.5. The van der Waals surface area contributed by atoms with Gasteiger partial charge >= 0.3 is 0 Å². The molecule has 0 aromatic carbocycles. The minimum absolute atomic E-state index is 0.0521. The molecule has 74 valence electrons. The second kappa shape index (κ2) is 5.51. The first-order valence-electron chi connectivity index (χ1n) is 4.43. The Balaban J connectivity index is 4.28. The molecule has 0 saturated carbocycles. The average Bonchev–Trinajstić information content (AvgIpc) is 2.03. The van der Waals surface area contributed by atoms with Crippen molar-refractivity contribution in [2.75, 3.05) is 26.9 Å². The van der Waals surface area contributed by atoms with Crippen LogP contribution in [0.25, 0.3) is 0 Å². The second-order valence-corrected chi connectivity index (χ2v) is 3.63. The molecular formula is C9H21NO2. The normalized spacial score (nSPS) is 16.5. The third-order valence-electron chi connectivity index (χ3n) is 2.67. The van der Waals surface area contributed by atoms with Crippen molar-refractivity contribution in [2.45, 2.75) is 20.3 Å². The summed E-state index contributed by atoms with van der Waals surface area (Å²) in [6.07, 6.45) is 0.717. The first-order valence-corrected chi connectivity index (χ1v) is 4.43. The van der Waals surface area contributed by atoms with Gasteiger partial charge in [-0.15, -0.1) is 0 Å². The number of hydrogen-bond donors (Lipinski definition) is 2. The molecule has 0 rings (SSSR count). The molecule has 0 aromatic heterocycles. The zero-order valence-electron chi connectivity index (χ0n) is 8.34. The second-order valence-electron chi connectivity index (χ2n) is 3.63. The number of methoxy groups -OCH3 is 1. The van der Waals surface area contributed by atoms with Gasteiger partial charge in [-0.3, -0.25) is 0 Å². The van der Waals surface area contributed by atoms with Gasteiger partial charge in [0.1, 0.15) is 0 Å². The lowest BCUT2D eigenvalue weighted by Crippen LogP contribution is -2.40. The quantitative estimate of drug-likeness (QED) is 0.622. The molecule has 1 unspecified atom stereocenters. The lowest BCUT2D eigenvalue weighted by molar-refractivity contribution is 0.0287. The van der Waals surface area contributed by atoms with Crippen molar-refractivity contribution in [1.29, 1.82) is 0 Å². The summed E-state index contributed by atoms with van der Waals surface area (Å²) in [6.45, 7) is 5.60. The van der Waals surface area contributed by atoms with Gasteiger partial charge in [0.05, 0.1) is 6.61 Å². The van der Waals surface area contributed by atoms with Crippen LogP contribution in [0.15, 0.2) is 0 Å². The Hall–Kier alpha value is -0.120. The monoisotopic (exact) mass is 175 g/mol. The van der Waals surface area contributed by atoms with E-state index in [1.807, 2.05) is 0 Å². The number of hydrogen-bond acceptors (Lipinski definition) is 3. The number of ether oxygens (including phenoxy) is 1. The number of nitrogens with two attached hydrogens (primary N) is 1. The van der Waals surface area contributed by atoms with Crippen molar-refractivity contribution in [3.8, 4) is 0 Å². The van der Waals surface area contributed by atoms with Gasteiger partial charge in [0.15, 0.2) is 0 Å². The Morgan fingerprint density at radius 2 is 2.08 bits per heavy atom. The highest BCUT2D eigenvalue weighted by Crippen LogP contribution is 2.30. The van der Waals surface area contributed by atoms with Crippen LogP contribution >= 0.6 is 0 Å². The van der Waals surface area contributed by atoms with Crippen molar-refractivity contribution < 1.29 is 9.84 Å². The Kier molecular flexibility index (Phi) is 5.46. The molecule has 0 bridgehead atoms. The maximum atomic E-state index is 8.90. The van der Waals surface area contributed by atoms with E-state index in [0.717, 1.165) is 6.42 Å². The van der Waals surface area contributed by atoms with E-state index < -0.39 is 0 Å². The first kappa shape index (κ1) is 11.9. The number of aliphatic hydroxyl groups is 1. The lowest BCUT2D eigenvalue weighted by atomic mass is 9.75. The smallest absolute Gasteiger partial charge is 0.0534 e. The highest BCUT2D eigenvalue weighted by molar-refractivity contribution is 4.83. The van der Waals surface area contributed by atoms with Crippen molar-refractivity contribution in [1.82, 2.24) is 0 Å². The summed E-state index contributed by atoms with van der Waals surface area (Å²) in [5.74, 6) is 0.439. The fourth-order valence-electron chi connectivity index (χ4n) is 1.43. The predicted molar refractivity (Wildman–Crippen MR) is 49.9 cm³/mol. The van der Waals surface area contributed by atoms with Crippen molar-refractivity contribution in [2.24, 2.45) is 17.1 Å². The third kappa shape index (κ3) is 2.73. The Morgan fingerprint density at radius 3 is 2.33 bits per heavy atom. The van der Waals surface area contributed by atoms with Gasteiger partial charge in [-0.1, -0.05) is 13.8 Å². The van der Waals surface area contributed by atoms with Crippen LogP contribution in [0.1, 0.15) is 20.3 Å². The zero-order chi connectivity index (χ0) is 9.61. The molecule has 0 spiro atoms. The molecule has 0 aliphatic rings.